The van der Waals surface area contributed by atoms with Gasteiger partial charge < -0.3 is 10.2 Å². The molecular weight excluding hydrogens is 232 g/mol. The van der Waals surface area contributed by atoms with Crippen molar-refractivity contribution in [2.45, 2.75) is 25.8 Å². The van der Waals surface area contributed by atoms with E-state index in [-0.39, 0.29) is 0 Å². The molecule has 1 aliphatic heterocycles. The molecule has 0 amide bonds. The maximum absolute atomic E-state index is 5.84. The van der Waals surface area contributed by atoms with E-state index in [0.29, 0.717) is 0 Å². The minimum atomic E-state index is 0.808. The van der Waals surface area contributed by atoms with Crippen LogP contribution in [0.4, 0.5) is 0 Å². The summed E-state index contributed by atoms with van der Waals surface area (Å²) in [5, 5.41) is 4.28. The lowest BCUT2D eigenvalue weighted by Crippen LogP contribution is -2.24. The highest BCUT2D eigenvalue weighted by molar-refractivity contribution is 6.30. The monoisotopic (exact) mass is 252 g/mol. The maximum atomic E-state index is 5.84. The summed E-state index contributed by atoms with van der Waals surface area (Å²) in [5.41, 5.74) is 1.30. The minimum Gasteiger partial charge on any atom is -0.313 e. The van der Waals surface area contributed by atoms with Crippen LogP contribution in [-0.4, -0.2) is 31.1 Å². The van der Waals surface area contributed by atoms with Crippen molar-refractivity contribution in [3.63, 3.8) is 0 Å². The average Bonchev–Trinajstić information content (AvgIpc) is 2.84. The number of benzene rings is 1. The number of halogens is 1. The zero-order valence-corrected chi connectivity index (χ0v) is 11.0. The van der Waals surface area contributed by atoms with Gasteiger partial charge in [-0.25, -0.2) is 0 Å². The Hall–Kier alpha value is -0.570. The molecule has 0 atom stereocenters. The van der Waals surface area contributed by atoms with Crippen molar-refractivity contribution in [3.8, 4) is 0 Å². The Labute approximate surface area is 109 Å². The molecule has 0 aliphatic carbocycles. The molecule has 0 bridgehead atoms. The first-order chi connectivity index (χ1) is 8.34. The van der Waals surface area contributed by atoms with Gasteiger partial charge in [-0.15, -0.1) is 0 Å². The van der Waals surface area contributed by atoms with Gasteiger partial charge in [-0.2, -0.15) is 0 Å². The van der Waals surface area contributed by atoms with Crippen LogP contribution in [0.1, 0.15) is 24.8 Å². The molecule has 0 saturated carbocycles. The van der Waals surface area contributed by atoms with Gasteiger partial charge in [-0.3, -0.25) is 0 Å². The van der Waals surface area contributed by atoms with Crippen LogP contribution >= 0.6 is 11.6 Å². The Morgan fingerprint density at radius 2 is 1.82 bits per heavy atom. The second-order valence-electron chi connectivity index (χ2n) is 4.71. The molecule has 0 radical (unpaired) electrons. The molecule has 94 valence electrons. The van der Waals surface area contributed by atoms with Gasteiger partial charge in [0.1, 0.15) is 0 Å². The number of nitrogens with one attached hydrogen (secondary N) is 1. The van der Waals surface area contributed by atoms with Crippen LogP contribution in [-0.2, 0) is 6.54 Å². The molecule has 1 N–H and O–H groups in total. The summed E-state index contributed by atoms with van der Waals surface area (Å²) in [7, 11) is 0. The third kappa shape index (κ3) is 4.66. The topological polar surface area (TPSA) is 15.3 Å². The van der Waals surface area contributed by atoms with E-state index in [2.05, 4.69) is 22.3 Å². The summed E-state index contributed by atoms with van der Waals surface area (Å²) < 4.78 is 0. The maximum Gasteiger partial charge on any atom is 0.0406 e. The molecule has 0 unspecified atom stereocenters. The van der Waals surface area contributed by atoms with E-state index in [4.69, 9.17) is 11.6 Å². The SMILES string of the molecule is Clc1ccc(CNCCCN2CCCC2)cc1. The standard InChI is InChI=1S/C14H21ClN2/c15-14-6-4-13(5-7-14)12-16-8-3-11-17-9-1-2-10-17/h4-7,16H,1-3,8-12H2. The van der Waals surface area contributed by atoms with Gasteiger partial charge in [-0.1, -0.05) is 23.7 Å². The first-order valence-electron chi connectivity index (χ1n) is 6.52. The first-order valence-corrected chi connectivity index (χ1v) is 6.90. The lowest BCUT2D eigenvalue weighted by atomic mass is 10.2. The predicted octanol–water partition coefficient (Wildman–Crippen LogP) is 2.92. The molecule has 1 fully saturated rings. The second-order valence-corrected chi connectivity index (χ2v) is 5.14. The normalized spacial score (nSPS) is 16.5. The summed E-state index contributed by atoms with van der Waals surface area (Å²) >= 11 is 5.84. The number of rotatable bonds is 6. The summed E-state index contributed by atoms with van der Waals surface area (Å²) in [4.78, 5) is 2.56. The Bertz CT molecular complexity index is 317. The van der Waals surface area contributed by atoms with E-state index in [0.717, 1.165) is 18.1 Å². The summed E-state index contributed by atoms with van der Waals surface area (Å²) in [5.74, 6) is 0. The van der Waals surface area contributed by atoms with Gasteiger partial charge >= 0.3 is 0 Å². The molecule has 1 saturated heterocycles. The number of hydrogen-bond donors (Lipinski definition) is 1. The molecule has 1 heterocycles. The summed E-state index contributed by atoms with van der Waals surface area (Å²) in [6.07, 6.45) is 4.02. The van der Waals surface area contributed by atoms with Crippen LogP contribution in [0.25, 0.3) is 0 Å². The van der Waals surface area contributed by atoms with Crippen molar-refractivity contribution >= 4 is 11.6 Å². The molecule has 0 spiro atoms. The number of hydrogen-bond acceptors (Lipinski definition) is 2. The molecule has 0 aromatic heterocycles. The van der Waals surface area contributed by atoms with E-state index in [1.807, 2.05) is 12.1 Å². The zero-order chi connectivity index (χ0) is 11.9. The number of likely N-dealkylation sites (tertiary alicyclic amines) is 1. The quantitative estimate of drug-likeness (QED) is 0.784. The molecule has 1 aliphatic rings. The lowest BCUT2D eigenvalue weighted by Gasteiger charge is -2.14. The van der Waals surface area contributed by atoms with E-state index in [1.165, 1.54) is 44.5 Å². The molecule has 3 heteroatoms. The largest absolute Gasteiger partial charge is 0.313 e. The summed E-state index contributed by atoms with van der Waals surface area (Å²) in [6, 6.07) is 8.05. The Balaban J connectivity index is 1.55. The Kier molecular flexibility index (Phi) is 5.30. The third-order valence-electron chi connectivity index (χ3n) is 3.27. The van der Waals surface area contributed by atoms with Crippen LogP contribution in [0.15, 0.2) is 24.3 Å². The van der Waals surface area contributed by atoms with Gasteiger partial charge in [0.15, 0.2) is 0 Å². The van der Waals surface area contributed by atoms with Gasteiger partial charge in [0.2, 0.25) is 0 Å². The third-order valence-corrected chi connectivity index (χ3v) is 3.52. The number of nitrogens with zero attached hydrogens (tertiary/aromatic N) is 1. The van der Waals surface area contributed by atoms with E-state index >= 15 is 0 Å². The Morgan fingerprint density at radius 3 is 2.53 bits per heavy atom. The fraction of sp³-hybridized carbons (Fsp3) is 0.571. The fourth-order valence-electron chi connectivity index (χ4n) is 2.27. The van der Waals surface area contributed by atoms with E-state index in [1.54, 1.807) is 0 Å². The zero-order valence-electron chi connectivity index (χ0n) is 10.3. The predicted molar refractivity (Wildman–Crippen MR) is 73.4 cm³/mol. The fourth-order valence-corrected chi connectivity index (χ4v) is 2.39. The summed E-state index contributed by atoms with van der Waals surface area (Å²) in [6.45, 7) is 5.89. The van der Waals surface area contributed by atoms with Crippen molar-refractivity contribution in [1.29, 1.82) is 0 Å². The lowest BCUT2D eigenvalue weighted by molar-refractivity contribution is 0.331. The van der Waals surface area contributed by atoms with Crippen molar-refractivity contribution < 1.29 is 0 Å². The van der Waals surface area contributed by atoms with Gasteiger partial charge in [-0.05, 0) is 63.1 Å². The van der Waals surface area contributed by atoms with Crippen LogP contribution in [0, 0.1) is 0 Å². The molecule has 17 heavy (non-hydrogen) atoms. The highest BCUT2D eigenvalue weighted by Gasteiger charge is 2.09. The van der Waals surface area contributed by atoms with Crippen LogP contribution < -0.4 is 5.32 Å². The smallest absolute Gasteiger partial charge is 0.0406 e. The molecule has 1 aromatic rings. The van der Waals surface area contributed by atoms with Crippen molar-refractivity contribution in [2.75, 3.05) is 26.2 Å². The molecule has 1 aromatic carbocycles. The highest BCUT2D eigenvalue weighted by Crippen LogP contribution is 2.09. The second kappa shape index (κ2) is 7.00. The molecule has 2 nitrogen and oxygen atoms in total. The van der Waals surface area contributed by atoms with Crippen molar-refractivity contribution in [2.24, 2.45) is 0 Å². The van der Waals surface area contributed by atoms with Gasteiger partial charge in [0.25, 0.3) is 0 Å². The van der Waals surface area contributed by atoms with Gasteiger partial charge in [0, 0.05) is 11.6 Å². The van der Waals surface area contributed by atoms with Crippen molar-refractivity contribution in [3.05, 3.63) is 34.9 Å². The minimum absolute atomic E-state index is 0.808. The van der Waals surface area contributed by atoms with Crippen molar-refractivity contribution in [1.82, 2.24) is 10.2 Å². The molecule has 2 rings (SSSR count). The molecular formula is C14H21ClN2. The average molecular weight is 253 g/mol. The van der Waals surface area contributed by atoms with E-state index in [9.17, 15) is 0 Å². The van der Waals surface area contributed by atoms with Gasteiger partial charge in [0.05, 0.1) is 0 Å². The Morgan fingerprint density at radius 1 is 1.12 bits per heavy atom. The van der Waals surface area contributed by atoms with Crippen LogP contribution in [0.2, 0.25) is 5.02 Å². The van der Waals surface area contributed by atoms with Crippen LogP contribution in [0.3, 0.4) is 0 Å². The first kappa shape index (κ1) is 12.9. The highest BCUT2D eigenvalue weighted by atomic mass is 35.5. The van der Waals surface area contributed by atoms with Crippen LogP contribution in [0.5, 0.6) is 0 Å². The van der Waals surface area contributed by atoms with E-state index < -0.39 is 0 Å².